The number of nitrogens with zero attached hydrogens (tertiary/aromatic N) is 3. The number of hydrogen-bond acceptors (Lipinski definition) is 2. The fourth-order valence-corrected chi connectivity index (χ4v) is 1.55. The van der Waals surface area contributed by atoms with E-state index in [0.29, 0.717) is 24.5 Å². The van der Waals surface area contributed by atoms with E-state index in [1.54, 1.807) is 6.20 Å². The van der Waals surface area contributed by atoms with Gasteiger partial charge in [0.25, 0.3) is 0 Å². The van der Waals surface area contributed by atoms with Crippen LogP contribution in [-0.4, -0.2) is 21.6 Å². The largest absolute Gasteiger partial charge is 0.370 e. The third-order valence-electron chi connectivity index (χ3n) is 2.19. The number of aliphatic imine (C=N–C) groups is 1. The summed E-state index contributed by atoms with van der Waals surface area (Å²) in [6.45, 7) is 9.90. The van der Waals surface area contributed by atoms with Gasteiger partial charge in [-0.2, -0.15) is 0 Å². The third kappa shape index (κ3) is 4.89. The van der Waals surface area contributed by atoms with Crippen molar-refractivity contribution in [2.75, 3.05) is 0 Å². The summed E-state index contributed by atoms with van der Waals surface area (Å²) < 4.78 is 2.12. The van der Waals surface area contributed by atoms with Crippen LogP contribution in [0.1, 0.15) is 33.5 Å². The molecule has 0 spiro atoms. The van der Waals surface area contributed by atoms with E-state index in [9.17, 15) is 0 Å². The fourth-order valence-electron chi connectivity index (χ4n) is 1.55. The Bertz CT molecular complexity index is 365. The Morgan fingerprint density at radius 2 is 2.18 bits per heavy atom. The Morgan fingerprint density at radius 1 is 1.47 bits per heavy atom. The van der Waals surface area contributed by atoms with Gasteiger partial charge in [-0.15, -0.1) is 0 Å². The van der Waals surface area contributed by atoms with Crippen molar-refractivity contribution in [1.82, 2.24) is 14.9 Å². The van der Waals surface area contributed by atoms with E-state index in [1.807, 2.05) is 20.0 Å². The van der Waals surface area contributed by atoms with Crippen molar-refractivity contribution in [3.05, 3.63) is 18.2 Å². The molecule has 1 heterocycles. The van der Waals surface area contributed by atoms with Gasteiger partial charge in [0.15, 0.2) is 5.96 Å². The molecule has 0 saturated heterocycles. The summed E-state index contributed by atoms with van der Waals surface area (Å²) in [6.07, 6.45) is 3.79. The van der Waals surface area contributed by atoms with Gasteiger partial charge in [0.2, 0.25) is 0 Å². The van der Waals surface area contributed by atoms with E-state index in [0.717, 1.165) is 12.4 Å². The van der Waals surface area contributed by atoms with Crippen LogP contribution in [0.5, 0.6) is 0 Å². The van der Waals surface area contributed by atoms with Crippen LogP contribution in [0.4, 0.5) is 0 Å². The Balaban J connectivity index is 2.59. The first-order valence-electron chi connectivity index (χ1n) is 6.05. The second kappa shape index (κ2) is 6.27. The van der Waals surface area contributed by atoms with Crippen LogP contribution >= 0.6 is 0 Å². The average molecular weight is 237 g/mol. The normalized spacial score (nSPS) is 12.5. The van der Waals surface area contributed by atoms with Crippen LogP contribution in [0.25, 0.3) is 0 Å². The van der Waals surface area contributed by atoms with Crippen molar-refractivity contribution in [2.45, 2.75) is 46.8 Å². The molecule has 1 aromatic heterocycles. The third-order valence-corrected chi connectivity index (χ3v) is 2.19. The molecule has 0 aromatic carbocycles. The van der Waals surface area contributed by atoms with E-state index in [1.165, 1.54) is 0 Å². The van der Waals surface area contributed by atoms with E-state index in [4.69, 9.17) is 5.73 Å². The monoisotopic (exact) mass is 237 g/mol. The SMILES string of the molecule is CC(C)Cn1ccnc1CN=C(N)NC(C)C. The molecule has 0 radical (unpaired) electrons. The average Bonchev–Trinajstić information content (AvgIpc) is 2.60. The van der Waals surface area contributed by atoms with E-state index < -0.39 is 0 Å². The van der Waals surface area contributed by atoms with Crippen LogP contribution in [0.3, 0.4) is 0 Å². The molecule has 1 aromatic rings. The minimum absolute atomic E-state index is 0.300. The minimum Gasteiger partial charge on any atom is -0.370 e. The molecule has 1 rings (SSSR count). The molecule has 0 unspecified atom stereocenters. The minimum atomic E-state index is 0.300. The summed E-state index contributed by atoms with van der Waals surface area (Å²) in [5.41, 5.74) is 5.74. The molecule has 3 N–H and O–H groups in total. The predicted octanol–water partition coefficient (Wildman–Crippen LogP) is 1.35. The van der Waals surface area contributed by atoms with Crippen LogP contribution in [0, 0.1) is 5.92 Å². The van der Waals surface area contributed by atoms with Crippen molar-refractivity contribution in [3.63, 3.8) is 0 Å². The number of rotatable bonds is 5. The maximum absolute atomic E-state index is 5.74. The first kappa shape index (κ1) is 13.5. The van der Waals surface area contributed by atoms with E-state index in [2.05, 4.69) is 33.7 Å². The predicted molar refractivity (Wildman–Crippen MR) is 70.7 cm³/mol. The standard InChI is InChI=1S/C12H23N5/c1-9(2)8-17-6-5-14-11(17)7-15-12(13)16-10(3)4/h5-6,9-10H,7-8H2,1-4H3,(H3,13,15,16). The second-order valence-corrected chi connectivity index (χ2v) is 4.89. The molecule has 0 aliphatic rings. The number of guanidine groups is 1. The molecule has 0 aliphatic heterocycles. The second-order valence-electron chi connectivity index (χ2n) is 4.89. The quantitative estimate of drug-likeness (QED) is 0.600. The molecule has 0 fully saturated rings. The number of nitrogens with two attached hydrogens (primary N) is 1. The van der Waals surface area contributed by atoms with Crippen molar-refractivity contribution in [3.8, 4) is 0 Å². The van der Waals surface area contributed by atoms with Gasteiger partial charge < -0.3 is 15.6 Å². The molecule has 0 amide bonds. The molecular formula is C12H23N5. The number of aromatic nitrogens is 2. The topological polar surface area (TPSA) is 68.2 Å². The Kier molecular flexibility index (Phi) is 5.00. The van der Waals surface area contributed by atoms with Gasteiger partial charge in [-0.1, -0.05) is 13.8 Å². The van der Waals surface area contributed by atoms with Gasteiger partial charge in [0.1, 0.15) is 12.4 Å². The van der Waals surface area contributed by atoms with Crippen LogP contribution in [0.15, 0.2) is 17.4 Å². The Hall–Kier alpha value is -1.52. The zero-order valence-corrected chi connectivity index (χ0v) is 11.1. The highest BCUT2D eigenvalue weighted by molar-refractivity contribution is 5.77. The van der Waals surface area contributed by atoms with Crippen molar-refractivity contribution >= 4 is 5.96 Å². The van der Waals surface area contributed by atoms with Crippen LogP contribution < -0.4 is 11.1 Å². The summed E-state index contributed by atoms with van der Waals surface area (Å²) in [4.78, 5) is 8.57. The molecular weight excluding hydrogens is 214 g/mol. The van der Waals surface area contributed by atoms with Crippen LogP contribution in [-0.2, 0) is 13.1 Å². The highest BCUT2D eigenvalue weighted by atomic mass is 15.1. The molecule has 96 valence electrons. The smallest absolute Gasteiger partial charge is 0.189 e. The van der Waals surface area contributed by atoms with E-state index in [-0.39, 0.29) is 0 Å². The lowest BCUT2D eigenvalue weighted by Crippen LogP contribution is -2.36. The summed E-state index contributed by atoms with van der Waals surface area (Å²) >= 11 is 0. The van der Waals surface area contributed by atoms with Crippen molar-refractivity contribution in [2.24, 2.45) is 16.6 Å². The van der Waals surface area contributed by atoms with Gasteiger partial charge in [-0.05, 0) is 19.8 Å². The van der Waals surface area contributed by atoms with Crippen LogP contribution in [0.2, 0.25) is 0 Å². The first-order valence-corrected chi connectivity index (χ1v) is 6.05. The summed E-state index contributed by atoms with van der Waals surface area (Å²) in [5.74, 6) is 2.02. The summed E-state index contributed by atoms with van der Waals surface area (Å²) in [5, 5.41) is 3.06. The molecule has 0 atom stereocenters. The number of imidazole rings is 1. The maximum Gasteiger partial charge on any atom is 0.189 e. The lowest BCUT2D eigenvalue weighted by atomic mass is 10.2. The van der Waals surface area contributed by atoms with E-state index >= 15 is 0 Å². The molecule has 0 aliphatic carbocycles. The first-order chi connectivity index (χ1) is 7.99. The van der Waals surface area contributed by atoms with Gasteiger partial charge in [-0.25, -0.2) is 9.98 Å². The van der Waals surface area contributed by atoms with Crippen molar-refractivity contribution < 1.29 is 0 Å². The number of nitrogens with one attached hydrogen (secondary N) is 1. The number of hydrogen-bond donors (Lipinski definition) is 2. The van der Waals surface area contributed by atoms with Gasteiger partial charge in [0.05, 0.1) is 0 Å². The lowest BCUT2D eigenvalue weighted by Gasteiger charge is -2.10. The maximum atomic E-state index is 5.74. The molecule has 17 heavy (non-hydrogen) atoms. The highest BCUT2D eigenvalue weighted by Gasteiger charge is 2.04. The molecule has 0 bridgehead atoms. The fraction of sp³-hybridized carbons (Fsp3) is 0.667. The molecule has 5 heteroatoms. The molecule has 0 saturated carbocycles. The molecule has 5 nitrogen and oxygen atoms in total. The highest BCUT2D eigenvalue weighted by Crippen LogP contribution is 2.04. The zero-order valence-electron chi connectivity index (χ0n) is 11.1. The van der Waals surface area contributed by atoms with Gasteiger partial charge >= 0.3 is 0 Å². The zero-order chi connectivity index (χ0) is 12.8. The van der Waals surface area contributed by atoms with Gasteiger partial charge in [-0.3, -0.25) is 0 Å². The lowest BCUT2D eigenvalue weighted by molar-refractivity contribution is 0.507. The Labute approximate surface area is 103 Å². The summed E-state index contributed by atoms with van der Waals surface area (Å²) in [7, 11) is 0. The summed E-state index contributed by atoms with van der Waals surface area (Å²) in [6, 6.07) is 0.300. The van der Waals surface area contributed by atoms with Crippen molar-refractivity contribution in [1.29, 1.82) is 0 Å². The Morgan fingerprint density at radius 3 is 2.76 bits per heavy atom. The van der Waals surface area contributed by atoms with Gasteiger partial charge in [0, 0.05) is 25.0 Å².